The molecule has 3 heterocycles. The van der Waals surface area contributed by atoms with E-state index in [4.69, 9.17) is 9.15 Å². The van der Waals surface area contributed by atoms with Crippen molar-refractivity contribution in [3.63, 3.8) is 0 Å². The number of carbonyl (C=O) groups excluding carboxylic acids is 2. The van der Waals surface area contributed by atoms with E-state index in [1.54, 1.807) is 60.9 Å². The highest BCUT2D eigenvalue weighted by molar-refractivity contribution is 6.46. The summed E-state index contributed by atoms with van der Waals surface area (Å²) in [5.41, 5.74) is 0.869. The van der Waals surface area contributed by atoms with E-state index in [2.05, 4.69) is 4.98 Å². The van der Waals surface area contributed by atoms with E-state index in [0.717, 1.165) is 0 Å². The average Bonchev–Trinajstić information content (AvgIpc) is 3.36. The normalized spacial score (nSPS) is 18.2. The minimum absolute atomic E-state index is 0.0775. The molecule has 4 rings (SSSR count). The standard InChI is InChI=1S/C22H18N2O5/c1-28-16-8-6-14(7-9-16)20(25)18-19(15-4-2-10-23-12-15)24(22(27)21(18)26)13-17-5-3-11-29-17/h2-12,19,25H,13H2,1H3. The first-order valence-electron chi connectivity index (χ1n) is 8.99. The van der Waals surface area contributed by atoms with Crippen molar-refractivity contribution in [3.8, 4) is 5.75 Å². The molecule has 0 spiro atoms. The SMILES string of the molecule is COc1ccc(C([O-])=C2C(=O)C(=O)N(Cc3ccco3)C2c2ccc[nH+]c2)cc1. The van der Waals surface area contributed by atoms with Gasteiger partial charge in [-0.3, -0.25) is 9.59 Å². The average molecular weight is 390 g/mol. The highest BCUT2D eigenvalue weighted by Gasteiger charge is 2.45. The van der Waals surface area contributed by atoms with Gasteiger partial charge in [-0.25, -0.2) is 4.98 Å². The number of benzene rings is 1. The van der Waals surface area contributed by atoms with Crippen molar-refractivity contribution in [2.75, 3.05) is 7.11 Å². The van der Waals surface area contributed by atoms with Gasteiger partial charge in [0.2, 0.25) is 5.78 Å². The molecule has 1 saturated heterocycles. The van der Waals surface area contributed by atoms with Crippen LogP contribution in [0.2, 0.25) is 0 Å². The van der Waals surface area contributed by atoms with Gasteiger partial charge in [0.1, 0.15) is 11.5 Å². The molecule has 1 amide bonds. The first kappa shape index (κ1) is 18.5. The molecule has 0 aliphatic carbocycles. The number of hydrogen-bond donors (Lipinski definition) is 0. The van der Waals surface area contributed by atoms with Gasteiger partial charge in [-0.05, 0) is 35.9 Å². The third kappa shape index (κ3) is 3.38. The molecule has 0 saturated carbocycles. The molecule has 29 heavy (non-hydrogen) atoms. The second-order valence-corrected chi connectivity index (χ2v) is 6.55. The first-order valence-corrected chi connectivity index (χ1v) is 8.99. The molecule has 1 N–H and O–H groups in total. The molecule has 7 heteroatoms. The number of ketones is 1. The number of hydrogen-bond acceptors (Lipinski definition) is 5. The van der Waals surface area contributed by atoms with Gasteiger partial charge in [0.05, 0.1) is 26.0 Å². The van der Waals surface area contributed by atoms with Gasteiger partial charge < -0.3 is 19.2 Å². The summed E-state index contributed by atoms with van der Waals surface area (Å²) in [6.45, 7) is 0.0799. The lowest BCUT2D eigenvalue weighted by Crippen LogP contribution is -2.29. The van der Waals surface area contributed by atoms with Crippen LogP contribution in [0.4, 0.5) is 0 Å². The van der Waals surface area contributed by atoms with Crippen LogP contribution in [-0.4, -0.2) is 23.7 Å². The zero-order valence-electron chi connectivity index (χ0n) is 15.6. The van der Waals surface area contributed by atoms with Crippen LogP contribution in [0, 0.1) is 0 Å². The molecule has 1 unspecified atom stereocenters. The van der Waals surface area contributed by atoms with Crippen LogP contribution < -0.4 is 14.8 Å². The number of aromatic nitrogens is 1. The number of likely N-dealkylation sites (tertiary alicyclic amines) is 1. The lowest BCUT2D eigenvalue weighted by molar-refractivity contribution is -0.379. The Morgan fingerprint density at radius 2 is 1.97 bits per heavy atom. The molecule has 0 bridgehead atoms. The summed E-state index contributed by atoms with van der Waals surface area (Å²) < 4.78 is 10.5. The number of amides is 1. The Morgan fingerprint density at radius 3 is 2.59 bits per heavy atom. The Bertz CT molecular complexity index is 1060. The number of nitrogens with one attached hydrogen (secondary N) is 1. The summed E-state index contributed by atoms with van der Waals surface area (Å²) in [5, 5.41) is 13.2. The van der Waals surface area contributed by atoms with Crippen molar-refractivity contribution in [2.45, 2.75) is 12.6 Å². The predicted molar refractivity (Wildman–Crippen MR) is 99.9 cm³/mol. The van der Waals surface area contributed by atoms with Crippen molar-refractivity contribution in [1.82, 2.24) is 4.90 Å². The Balaban J connectivity index is 1.83. The Hall–Kier alpha value is -3.87. The van der Waals surface area contributed by atoms with Crippen molar-refractivity contribution in [2.24, 2.45) is 0 Å². The molecule has 0 radical (unpaired) electrons. The van der Waals surface area contributed by atoms with Gasteiger partial charge in [0, 0.05) is 17.2 Å². The van der Waals surface area contributed by atoms with Crippen molar-refractivity contribution >= 4 is 17.4 Å². The van der Waals surface area contributed by atoms with Gasteiger partial charge in [0.15, 0.2) is 12.4 Å². The summed E-state index contributed by atoms with van der Waals surface area (Å²) in [4.78, 5) is 30.0. The van der Waals surface area contributed by atoms with Gasteiger partial charge in [-0.15, -0.1) is 0 Å². The van der Waals surface area contributed by atoms with Crippen molar-refractivity contribution in [1.29, 1.82) is 0 Å². The molecular formula is C22H18N2O5. The summed E-state index contributed by atoms with van der Waals surface area (Å²) in [6.07, 6.45) is 4.88. The Labute approximate surface area is 166 Å². The molecule has 1 atom stereocenters. The quantitative estimate of drug-likeness (QED) is 0.374. The first-order chi connectivity index (χ1) is 14.1. The van der Waals surface area contributed by atoms with Crippen LogP contribution in [0.5, 0.6) is 5.75 Å². The fourth-order valence-electron chi connectivity index (χ4n) is 3.43. The smallest absolute Gasteiger partial charge is 0.295 e. The van der Waals surface area contributed by atoms with Gasteiger partial charge in [0.25, 0.3) is 5.91 Å². The second kappa shape index (κ2) is 7.63. The number of nitrogens with zero attached hydrogens (tertiary/aromatic N) is 1. The fourth-order valence-corrected chi connectivity index (χ4v) is 3.43. The summed E-state index contributed by atoms with van der Waals surface area (Å²) in [6, 6.07) is 12.6. The molecule has 1 fully saturated rings. The maximum atomic E-state index is 13.2. The van der Waals surface area contributed by atoms with Crippen LogP contribution in [0.1, 0.15) is 22.9 Å². The largest absolute Gasteiger partial charge is 0.872 e. The summed E-state index contributed by atoms with van der Waals surface area (Å²) >= 11 is 0. The molecule has 1 aliphatic heterocycles. The number of H-pyrrole nitrogens is 1. The predicted octanol–water partition coefficient (Wildman–Crippen LogP) is 1.53. The molecular weight excluding hydrogens is 372 g/mol. The summed E-state index contributed by atoms with van der Waals surface area (Å²) in [5.74, 6) is -0.900. The number of pyridine rings is 1. The third-order valence-corrected chi connectivity index (χ3v) is 4.83. The Morgan fingerprint density at radius 1 is 1.17 bits per heavy atom. The topological polar surface area (TPSA) is 97.0 Å². The number of ether oxygens (including phenoxy) is 1. The van der Waals surface area contributed by atoms with E-state index >= 15 is 0 Å². The third-order valence-electron chi connectivity index (χ3n) is 4.83. The number of rotatable bonds is 5. The molecule has 7 nitrogen and oxygen atoms in total. The highest BCUT2D eigenvalue weighted by atomic mass is 16.5. The van der Waals surface area contributed by atoms with Crippen LogP contribution in [0.3, 0.4) is 0 Å². The van der Waals surface area contributed by atoms with E-state index < -0.39 is 23.5 Å². The highest BCUT2D eigenvalue weighted by Crippen LogP contribution is 2.39. The minimum Gasteiger partial charge on any atom is -0.872 e. The lowest BCUT2D eigenvalue weighted by atomic mass is 9.96. The zero-order chi connectivity index (χ0) is 20.4. The molecule has 1 aliphatic rings. The van der Waals surface area contributed by atoms with Crippen molar-refractivity contribution < 1.29 is 28.8 Å². The van der Waals surface area contributed by atoms with E-state index in [1.807, 2.05) is 0 Å². The number of furan rings is 1. The fraction of sp³-hybridized carbons (Fsp3) is 0.136. The van der Waals surface area contributed by atoms with Crippen LogP contribution in [0.15, 0.2) is 77.2 Å². The molecule has 2 aromatic heterocycles. The number of Topliss-reactive ketones (excluding diaryl/α,β-unsaturated/α-hetero) is 1. The molecule has 1 aromatic carbocycles. The van der Waals surface area contributed by atoms with Crippen LogP contribution in [0.25, 0.3) is 5.76 Å². The minimum atomic E-state index is -0.813. The van der Waals surface area contributed by atoms with E-state index in [-0.39, 0.29) is 12.1 Å². The number of methoxy groups -OCH3 is 1. The van der Waals surface area contributed by atoms with Gasteiger partial charge in [-0.1, -0.05) is 17.9 Å². The molecule has 3 aromatic rings. The van der Waals surface area contributed by atoms with E-state index in [0.29, 0.717) is 22.6 Å². The number of carbonyl (C=O) groups is 2. The lowest BCUT2D eigenvalue weighted by Gasteiger charge is -2.25. The van der Waals surface area contributed by atoms with Gasteiger partial charge >= 0.3 is 0 Å². The summed E-state index contributed by atoms with van der Waals surface area (Å²) in [7, 11) is 1.53. The van der Waals surface area contributed by atoms with Gasteiger partial charge in [-0.2, -0.15) is 0 Å². The van der Waals surface area contributed by atoms with E-state index in [1.165, 1.54) is 18.3 Å². The zero-order valence-corrected chi connectivity index (χ0v) is 15.6. The van der Waals surface area contributed by atoms with Crippen LogP contribution in [-0.2, 0) is 16.1 Å². The van der Waals surface area contributed by atoms with E-state index in [9.17, 15) is 14.7 Å². The molecule has 146 valence electrons. The van der Waals surface area contributed by atoms with Crippen LogP contribution >= 0.6 is 0 Å². The maximum absolute atomic E-state index is 13.2. The Kier molecular flexibility index (Phi) is 4.87. The monoisotopic (exact) mass is 390 g/mol. The number of aromatic amines is 1. The van der Waals surface area contributed by atoms with Crippen molar-refractivity contribution in [3.05, 3.63) is 89.6 Å². The second-order valence-electron chi connectivity index (χ2n) is 6.55. The maximum Gasteiger partial charge on any atom is 0.295 e.